The topological polar surface area (TPSA) is 108 Å². The first-order valence-electron chi connectivity index (χ1n) is 15.2. The molecule has 8 heteroatoms. The molecule has 0 amide bonds. The fourth-order valence-electron chi connectivity index (χ4n) is 10.7. The fraction of sp³-hybridized carbons (Fsp3) is 0.903. The van der Waals surface area contributed by atoms with E-state index in [1.165, 1.54) is 13.8 Å². The number of ether oxygens (including phenoxy) is 4. The van der Waals surface area contributed by atoms with Crippen molar-refractivity contribution in [3.63, 3.8) is 0 Å². The number of aliphatic hydroxyl groups is 1. The molecular weight excluding hydrogens is 500 g/mol. The highest BCUT2D eigenvalue weighted by molar-refractivity contribution is 5.90. The maximum absolute atomic E-state index is 13.9. The number of ketones is 1. The van der Waals surface area contributed by atoms with Crippen LogP contribution < -0.4 is 0 Å². The van der Waals surface area contributed by atoms with Crippen LogP contribution in [-0.2, 0) is 33.3 Å². The lowest BCUT2D eigenvalue weighted by molar-refractivity contribution is -0.274. The van der Waals surface area contributed by atoms with Crippen LogP contribution in [0.1, 0.15) is 92.9 Å². The Morgan fingerprint density at radius 1 is 0.974 bits per heavy atom. The zero-order valence-electron chi connectivity index (χ0n) is 24.4. The van der Waals surface area contributed by atoms with E-state index in [9.17, 15) is 19.5 Å². The first-order valence-corrected chi connectivity index (χ1v) is 15.2. The molecule has 0 radical (unpaired) electrons. The molecule has 0 bridgehead atoms. The van der Waals surface area contributed by atoms with Gasteiger partial charge >= 0.3 is 11.9 Å². The van der Waals surface area contributed by atoms with Gasteiger partial charge in [-0.1, -0.05) is 27.7 Å². The summed E-state index contributed by atoms with van der Waals surface area (Å²) in [6.45, 7) is 12.4. The Morgan fingerprint density at radius 3 is 2.26 bits per heavy atom. The monoisotopic (exact) mass is 546 g/mol. The average molecular weight is 547 g/mol. The molecule has 1 spiro atoms. The minimum Gasteiger partial charge on any atom is -0.459 e. The normalized spacial score (nSPS) is 54.3. The van der Waals surface area contributed by atoms with Crippen LogP contribution in [-0.4, -0.2) is 59.1 Å². The Hall–Kier alpha value is -1.51. The molecule has 0 aromatic rings. The SMILES string of the molecule is CC(=O)O[C@@H]1C[C@@]2(O)C(=O)C[C@H]3[C@@H]4C[C@@H]5O[C@]6(CC[C@@H](C)CO6)[C@@H](C)[C@@H]5[C@@]4(C)CC[C@@H]3[C@@]2(C)C[C@H]1OC(C)=O. The van der Waals surface area contributed by atoms with Crippen LogP contribution in [0.5, 0.6) is 0 Å². The third kappa shape index (κ3) is 3.83. The van der Waals surface area contributed by atoms with E-state index < -0.39 is 40.9 Å². The van der Waals surface area contributed by atoms with E-state index in [4.69, 9.17) is 18.9 Å². The molecule has 13 atom stereocenters. The van der Waals surface area contributed by atoms with Crippen molar-refractivity contribution in [2.75, 3.05) is 6.61 Å². The number of Topliss-reactive ketones (excluding diaryl/α,β-unsaturated/α-hetero) is 1. The van der Waals surface area contributed by atoms with Gasteiger partial charge in [0, 0.05) is 44.4 Å². The molecule has 6 aliphatic rings. The minimum atomic E-state index is -1.62. The molecule has 6 rings (SSSR count). The van der Waals surface area contributed by atoms with Gasteiger partial charge in [0.15, 0.2) is 11.6 Å². The molecule has 4 saturated carbocycles. The predicted octanol–water partition coefficient (Wildman–Crippen LogP) is 4.20. The second-order valence-corrected chi connectivity index (χ2v) is 14.5. The van der Waals surface area contributed by atoms with Crippen LogP contribution in [0.4, 0.5) is 0 Å². The van der Waals surface area contributed by atoms with Crippen LogP contribution in [0.25, 0.3) is 0 Å². The highest BCUT2D eigenvalue weighted by Crippen LogP contribution is 2.71. The fourth-order valence-corrected chi connectivity index (χ4v) is 10.7. The van der Waals surface area contributed by atoms with Crippen LogP contribution >= 0.6 is 0 Å². The van der Waals surface area contributed by atoms with Gasteiger partial charge in [-0.2, -0.15) is 0 Å². The quantitative estimate of drug-likeness (QED) is 0.514. The van der Waals surface area contributed by atoms with E-state index in [2.05, 4.69) is 20.8 Å². The van der Waals surface area contributed by atoms with E-state index in [0.717, 1.165) is 38.7 Å². The molecule has 0 aromatic heterocycles. The van der Waals surface area contributed by atoms with Gasteiger partial charge in [0.25, 0.3) is 0 Å². The van der Waals surface area contributed by atoms with Gasteiger partial charge in [0.05, 0.1) is 12.7 Å². The average Bonchev–Trinajstić information content (AvgIpc) is 3.28. The van der Waals surface area contributed by atoms with Gasteiger partial charge in [-0.15, -0.1) is 0 Å². The maximum Gasteiger partial charge on any atom is 0.303 e. The summed E-state index contributed by atoms with van der Waals surface area (Å²) in [4.78, 5) is 37.8. The Bertz CT molecular complexity index is 1050. The molecule has 0 unspecified atom stereocenters. The number of esters is 2. The van der Waals surface area contributed by atoms with Crippen molar-refractivity contribution >= 4 is 17.7 Å². The van der Waals surface area contributed by atoms with Crippen molar-refractivity contribution in [1.82, 2.24) is 0 Å². The van der Waals surface area contributed by atoms with Crippen molar-refractivity contribution in [3.05, 3.63) is 0 Å². The van der Waals surface area contributed by atoms with E-state index in [1.807, 2.05) is 6.92 Å². The third-order valence-electron chi connectivity index (χ3n) is 12.5. The third-order valence-corrected chi connectivity index (χ3v) is 12.5. The summed E-state index contributed by atoms with van der Waals surface area (Å²) < 4.78 is 24.4. The molecule has 1 N–H and O–H groups in total. The largest absolute Gasteiger partial charge is 0.459 e. The van der Waals surface area contributed by atoms with E-state index in [1.54, 1.807) is 0 Å². The predicted molar refractivity (Wildman–Crippen MR) is 140 cm³/mol. The summed E-state index contributed by atoms with van der Waals surface area (Å²) >= 11 is 0. The molecule has 6 fully saturated rings. The zero-order chi connectivity index (χ0) is 28.1. The van der Waals surface area contributed by atoms with Crippen molar-refractivity contribution in [1.29, 1.82) is 0 Å². The van der Waals surface area contributed by atoms with Gasteiger partial charge in [-0.05, 0) is 67.1 Å². The molecule has 218 valence electrons. The Labute approximate surface area is 231 Å². The van der Waals surface area contributed by atoms with E-state index >= 15 is 0 Å². The van der Waals surface area contributed by atoms with Gasteiger partial charge < -0.3 is 24.1 Å². The molecule has 39 heavy (non-hydrogen) atoms. The van der Waals surface area contributed by atoms with Gasteiger partial charge in [0.2, 0.25) is 0 Å². The van der Waals surface area contributed by atoms with Crippen LogP contribution in [0, 0.1) is 46.3 Å². The number of carbonyl (C=O) groups is 3. The van der Waals surface area contributed by atoms with Crippen LogP contribution in [0.3, 0.4) is 0 Å². The molecule has 2 aliphatic heterocycles. The van der Waals surface area contributed by atoms with Crippen molar-refractivity contribution < 1.29 is 38.4 Å². The van der Waals surface area contributed by atoms with E-state index in [0.29, 0.717) is 36.5 Å². The summed E-state index contributed by atoms with van der Waals surface area (Å²) in [6, 6.07) is 0. The maximum atomic E-state index is 13.9. The Kier molecular flexibility index (Phi) is 6.38. The summed E-state index contributed by atoms with van der Waals surface area (Å²) in [5.74, 6) is 0.175. The molecule has 4 aliphatic carbocycles. The molecular formula is C31H46O8. The number of rotatable bonds is 2. The smallest absolute Gasteiger partial charge is 0.303 e. The first kappa shape index (κ1) is 27.6. The number of hydrogen-bond donors (Lipinski definition) is 1. The molecule has 8 nitrogen and oxygen atoms in total. The lowest BCUT2D eigenvalue weighted by Gasteiger charge is -2.63. The van der Waals surface area contributed by atoms with Crippen LogP contribution in [0.2, 0.25) is 0 Å². The second kappa shape index (κ2) is 8.99. The van der Waals surface area contributed by atoms with Crippen molar-refractivity contribution in [2.45, 2.75) is 123 Å². The van der Waals surface area contributed by atoms with Gasteiger partial charge in [-0.3, -0.25) is 14.4 Å². The summed E-state index contributed by atoms with van der Waals surface area (Å²) in [5, 5.41) is 12.1. The zero-order valence-corrected chi connectivity index (χ0v) is 24.4. The standard InChI is InChI=1S/C31H46O8/c1-16-7-10-31(36-15-16)17(2)27-23(39-31)12-22-20-11-26(34)30(35)14-25(38-19(4)33)24(37-18(3)32)13-29(30,6)21(20)8-9-28(22,27)5/h16-17,20-25,27,35H,7-15H2,1-6H3/t16-,17+,20-,21+,22+,23+,24-,25-,27+,28+,29-,30-,31-/m1/s1. The molecule has 2 heterocycles. The second-order valence-electron chi connectivity index (χ2n) is 14.5. The summed E-state index contributed by atoms with van der Waals surface area (Å²) in [6.07, 6.45) is 4.08. The summed E-state index contributed by atoms with van der Waals surface area (Å²) in [7, 11) is 0. The molecule has 0 aromatic carbocycles. The van der Waals surface area contributed by atoms with Crippen molar-refractivity contribution in [2.24, 2.45) is 46.3 Å². The van der Waals surface area contributed by atoms with Crippen LogP contribution in [0.15, 0.2) is 0 Å². The Morgan fingerprint density at radius 2 is 1.64 bits per heavy atom. The first-order chi connectivity index (χ1) is 18.2. The van der Waals surface area contributed by atoms with Gasteiger partial charge in [-0.25, -0.2) is 0 Å². The lowest BCUT2D eigenvalue weighted by Crippen LogP contribution is -2.70. The highest BCUT2D eigenvalue weighted by atomic mass is 16.7. The van der Waals surface area contributed by atoms with Gasteiger partial charge in [0.1, 0.15) is 17.8 Å². The number of fused-ring (bicyclic) bond motifs is 7. The number of carbonyl (C=O) groups excluding carboxylic acids is 3. The highest BCUT2D eigenvalue weighted by Gasteiger charge is 2.73. The van der Waals surface area contributed by atoms with Crippen molar-refractivity contribution in [3.8, 4) is 0 Å². The minimum absolute atomic E-state index is 0.0330. The van der Waals surface area contributed by atoms with E-state index in [-0.39, 0.29) is 35.6 Å². The Balaban J connectivity index is 1.29. The molecule has 2 saturated heterocycles. The lowest BCUT2D eigenvalue weighted by atomic mass is 9.42. The number of hydrogen-bond acceptors (Lipinski definition) is 8. The summed E-state index contributed by atoms with van der Waals surface area (Å²) in [5.41, 5.74) is -2.36.